The molecular formula is C11H14BrN5O3S. The van der Waals surface area contributed by atoms with Gasteiger partial charge in [0.1, 0.15) is 22.8 Å². The summed E-state index contributed by atoms with van der Waals surface area (Å²) >= 11 is 3.23. The normalized spacial score (nSPS) is 11.6. The van der Waals surface area contributed by atoms with Crippen LogP contribution in [-0.2, 0) is 23.6 Å². The average molecular weight is 376 g/mol. The maximum absolute atomic E-state index is 12.4. The van der Waals surface area contributed by atoms with Gasteiger partial charge in [-0.3, -0.25) is 0 Å². The van der Waals surface area contributed by atoms with Crippen LogP contribution in [0.4, 0.5) is 5.69 Å². The van der Waals surface area contributed by atoms with Gasteiger partial charge in [0, 0.05) is 17.2 Å². The molecule has 0 aliphatic rings. The molecule has 0 unspecified atom stereocenters. The molecule has 0 aliphatic heterocycles. The van der Waals surface area contributed by atoms with Crippen LogP contribution in [0.2, 0.25) is 0 Å². The molecule has 0 radical (unpaired) electrons. The fraction of sp³-hybridized carbons (Fsp3) is 0.273. The average Bonchev–Trinajstić information content (AvgIpc) is 2.84. The maximum Gasteiger partial charge on any atom is 0.244 e. The van der Waals surface area contributed by atoms with Crippen LogP contribution >= 0.6 is 15.9 Å². The fourth-order valence-corrected chi connectivity index (χ4v) is 3.11. The van der Waals surface area contributed by atoms with E-state index in [0.29, 0.717) is 16.0 Å². The fourth-order valence-electron chi connectivity index (χ4n) is 1.62. The maximum atomic E-state index is 12.4. The first-order valence-corrected chi connectivity index (χ1v) is 8.08. The van der Waals surface area contributed by atoms with Crippen LogP contribution in [-0.4, -0.2) is 30.3 Å². The van der Waals surface area contributed by atoms with Gasteiger partial charge >= 0.3 is 0 Å². The molecule has 0 aliphatic carbocycles. The molecule has 0 bridgehead atoms. The Labute approximate surface area is 130 Å². The number of anilines is 1. The first-order valence-electron chi connectivity index (χ1n) is 5.80. The summed E-state index contributed by atoms with van der Waals surface area (Å²) in [6.45, 7) is 0.0119. The van der Waals surface area contributed by atoms with Crippen LogP contribution < -0.4 is 15.2 Å². The molecule has 2 rings (SSSR count). The van der Waals surface area contributed by atoms with Crippen molar-refractivity contribution in [2.24, 2.45) is 7.05 Å². The molecule has 0 atom stereocenters. The molecule has 0 fully saturated rings. The summed E-state index contributed by atoms with van der Waals surface area (Å²) in [5.74, 6) is 0.684. The van der Waals surface area contributed by atoms with Crippen molar-refractivity contribution in [3.05, 3.63) is 28.8 Å². The lowest BCUT2D eigenvalue weighted by Crippen LogP contribution is -2.25. The van der Waals surface area contributed by atoms with Crippen LogP contribution in [0.5, 0.6) is 5.75 Å². The van der Waals surface area contributed by atoms with Crippen LogP contribution in [0.25, 0.3) is 0 Å². The third kappa shape index (κ3) is 3.34. The molecule has 114 valence electrons. The molecule has 1 aromatic carbocycles. The monoisotopic (exact) mass is 375 g/mol. The van der Waals surface area contributed by atoms with E-state index >= 15 is 0 Å². The number of hydrogen-bond acceptors (Lipinski definition) is 6. The summed E-state index contributed by atoms with van der Waals surface area (Å²) in [5.41, 5.74) is 6.04. The minimum atomic E-state index is -3.79. The molecule has 2 aromatic rings. The van der Waals surface area contributed by atoms with E-state index in [-0.39, 0.29) is 17.2 Å². The van der Waals surface area contributed by atoms with Crippen molar-refractivity contribution in [3.63, 3.8) is 0 Å². The third-order valence-electron chi connectivity index (χ3n) is 2.80. The van der Waals surface area contributed by atoms with Crippen LogP contribution in [0, 0.1) is 0 Å². The van der Waals surface area contributed by atoms with E-state index in [4.69, 9.17) is 10.5 Å². The Morgan fingerprint density at radius 3 is 2.76 bits per heavy atom. The lowest BCUT2D eigenvalue weighted by molar-refractivity contribution is 0.402. The first kappa shape index (κ1) is 15.7. The number of nitrogens with one attached hydrogen (secondary N) is 1. The number of benzene rings is 1. The summed E-state index contributed by atoms with van der Waals surface area (Å²) in [5, 5.41) is 7.49. The summed E-state index contributed by atoms with van der Waals surface area (Å²) in [6, 6.07) is 2.84. The Morgan fingerprint density at radius 1 is 1.48 bits per heavy atom. The molecule has 3 N–H and O–H groups in total. The van der Waals surface area contributed by atoms with Crippen molar-refractivity contribution in [3.8, 4) is 5.75 Å². The number of nitrogen functional groups attached to an aromatic ring is 1. The number of rotatable bonds is 5. The smallest absolute Gasteiger partial charge is 0.244 e. The molecule has 1 aromatic heterocycles. The molecule has 0 spiro atoms. The molecule has 1 heterocycles. The van der Waals surface area contributed by atoms with Crippen LogP contribution in [0.15, 0.2) is 27.8 Å². The number of hydrogen-bond donors (Lipinski definition) is 2. The highest BCUT2D eigenvalue weighted by Gasteiger charge is 2.21. The number of nitrogens with two attached hydrogens (primary N) is 1. The molecule has 21 heavy (non-hydrogen) atoms. The lowest BCUT2D eigenvalue weighted by Gasteiger charge is -2.12. The Balaban J connectivity index is 2.31. The van der Waals surface area contributed by atoms with Crippen molar-refractivity contribution in [2.75, 3.05) is 12.8 Å². The SMILES string of the molecule is COc1cc(Br)c(N)cc1S(=O)(=O)NCc1nncn1C. The van der Waals surface area contributed by atoms with Crippen molar-refractivity contribution >= 4 is 31.6 Å². The van der Waals surface area contributed by atoms with E-state index in [1.54, 1.807) is 11.6 Å². The summed E-state index contributed by atoms with van der Waals surface area (Å²) in [7, 11) is -0.679. The van der Waals surface area contributed by atoms with Crippen molar-refractivity contribution in [2.45, 2.75) is 11.4 Å². The van der Waals surface area contributed by atoms with Gasteiger partial charge in [-0.15, -0.1) is 10.2 Å². The molecular weight excluding hydrogens is 362 g/mol. The standard InChI is InChI=1S/C11H14BrN5O3S/c1-17-6-14-16-11(17)5-15-21(18,19)10-4-8(13)7(12)3-9(10)20-2/h3-4,6,15H,5,13H2,1-2H3. The number of aromatic nitrogens is 3. The van der Waals surface area contributed by atoms with Crippen molar-refractivity contribution in [1.29, 1.82) is 0 Å². The van der Waals surface area contributed by atoms with Crippen molar-refractivity contribution in [1.82, 2.24) is 19.5 Å². The van der Waals surface area contributed by atoms with Gasteiger partial charge in [-0.1, -0.05) is 0 Å². The number of aryl methyl sites for hydroxylation is 1. The molecule has 0 amide bonds. The van der Waals surface area contributed by atoms with Gasteiger partial charge in [0.05, 0.1) is 13.7 Å². The zero-order valence-corrected chi connectivity index (χ0v) is 13.8. The molecule has 0 saturated heterocycles. The predicted octanol–water partition coefficient (Wildman–Crippen LogP) is 0.647. The Bertz CT molecular complexity index is 759. The Kier molecular flexibility index (Phi) is 4.49. The van der Waals surface area contributed by atoms with Gasteiger partial charge in [0.25, 0.3) is 0 Å². The van der Waals surface area contributed by atoms with Gasteiger partial charge < -0.3 is 15.0 Å². The van der Waals surface area contributed by atoms with Crippen LogP contribution in [0.3, 0.4) is 0 Å². The Hall–Kier alpha value is -1.65. The van der Waals surface area contributed by atoms with E-state index in [2.05, 4.69) is 30.8 Å². The minimum absolute atomic E-state index is 0.0119. The summed E-state index contributed by atoms with van der Waals surface area (Å²) in [4.78, 5) is -0.0344. The molecule has 0 saturated carbocycles. The number of nitrogens with zero attached hydrogens (tertiary/aromatic N) is 3. The van der Waals surface area contributed by atoms with Gasteiger partial charge in [-0.05, 0) is 28.1 Å². The Morgan fingerprint density at radius 2 is 2.19 bits per heavy atom. The second kappa shape index (κ2) is 6.00. The van der Waals surface area contributed by atoms with Crippen LogP contribution in [0.1, 0.15) is 5.82 Å². The predicted molar refractivity (Wildman–Crippen MR) is 80.1 cm³/mol. The number of methoxy groups -OCH3 is 1. The van der Waals surface area contributed by atoms with E-state index in [1.165, 1.54) is 25.6 Å². The highest BCUT2D eigenvalue weighted by Crippen LogP contribution is 2.32. The highest BCUT2D eigenvalue weighted by molar-refractivity contribution is 9.10. The third-order valence-corrected chi connectivity index (χ3v) is 4.91. The second-order valence-corrected chi connectivity index (χ2v) is 6.80. The van der Waals surface area contributed by atoms with Gasteiger partial charge in [0.15, 0.2) is 0 Å². The number of ether oxygens (including phenoxy) is 1. The summed E-state index contributed by atoms with van der Waals surface area (Å²) in [6.07, 6.45) is 1.49. The molecule has 10 heteroatoms. The van der Waals surface area contributed by atoms with E-state index in [0.717, 1.165) is 0 Å². The number of sulfonamides is 1. The second-order valence-electron chi connectivity index (χ2n) is 4.21. The van der Waals surface area contributed by atoms with Gasteiger partial charge in [0.2, 0.25) is 10.0 Å². The molecule has 8 nitrogen and oxygen atoms in total. The minimum Gasteiger partial charge on any atom is -0.495 e. The van der Waals surface area contributed by atoms with Gasteiger partial charge in [-0.25, -0.2) is 13.1 Å². The lowest BCUT2D eigenvalue weighted by atomic mass is 10.3. The van der Waals surface area contributed by atoms with E-state index in [1.807, 2.05) is 0 Å². The summed E-state index contributed by atoms with van der Waals surface area (Å²) < 4.78 is 34.4. The number of halogens is 1. The van der Waals surface area contributed by atoms with E-state index in [9.17, 15) is 8.42 Å². The topological polar surface area (TPSA) is 112 Å². The van der Waals surface area contributed by atoms with E-state index < -0.39 is 10.0 Å². The highest BCUT2D eigenvalue weighted by atomic mass is 79.9. The van der Waals surface area contributed by atoms with Gasteiger partial charge in [-0.2, -0.15) is 0 Å². The zero-order chi connectivity index (χ0) is 15.6. The quantitative estimate of drug-likeness (QED) is 0.741. The first-order chi connectivity index (χ1) is 9.85. The van der Waals surface area contributed by atoms with Crippen molar-refractivity contribution < 1.29 is 13.2 Å². The zero-order valence-electron chi connectivity index (χ0n) is 11.4. The largest absolute Gasteiger partial charge is 0.495 e.